The predicted molar refractivity (Wildman–Crippen MR) is 34.5 cm³/mol. The van der Waals surface area contributed by atoms with Gasteiger partial charge in [0.2, 0.25) is 0 Å². The zero-order chi connectivity index (χ0) is 5.70. The van der Waals surface area contributed by atoms with Crippen LogP contribution >= 0.6 is 0 Å². The smallest absolute Gasteiger partial charge is 0.100 e. The van der Waals surface area contributed by atoms with Crippen LogP contribution in [-0.2, 0) is 4.79 Å². The summed E-state index contributed by atoms with van der Waals surface area (Å²) in [7, 11) is 0.744. The molecule has 1 nitrogen and oxygen atoms in total. The summed E-state index contributed by atoms with van der Waals surface area (Å²) in [6.07, 6.45) is 3.05. The summed E-state index contributed by atoms with van der Waals surface area (Å²) < 4.78 is 0. The lowest BCUT2D eigenvalue weighted by molar-refractivity contribution is -0.111. The molecule has 0 unspecified atom stereocenters. The molecule has 0 spiro atoms. The van der Waals surface area contributed by atoms with Crippen molar-refractivity contribution in [3.8, 4) is 0 Å². The largest absolute Gasteiger partial charge is 0.307 e. The maximum Gasteiger partial charge on any atom is 0.100 e. The molecule has 0 radical (unpaired) electrons. The normalized spacial score (nSPS) is 9.29. The molecule has 0 heterocycles. The Bertz CT molecular complexity index is 61.1. The van der Waals surface area contributed by atoms with Crippen molar-refractivity contribution in [3.05, 3.63) is 0 Å². The van der Waals surface area contributed by atoms with E-state index in [-0.39, 0.29) is 0 Å². The van der Waals surface area contributed by atoms with Gasteiger partial charge in [-0.15, -0.1) is 0 Å². The molecule has 0 aromatic carbocycles. The topological polar surface area (TPSA) is 17.1 Å². The SMILES string of the molecule is CCCCC(=O)[SiH3]. The lowest BCUT2D eigenvalue weighted by Crippen LogP contribution is -1.93. The standard InChI is InChI=1S/C5H12OSi/c1-2-3-4-5(6)7/h2-4H2,1,7H3. The number of carbonyl (C=O) groups is 1. The predicted octanol–water partition coefficient (Wildman–Crippen LogP) is 0.0686. The minimum absolute atomic E-state index is 0.446. The van der Waals surface area contributed by atoms with Gasteiger partial charge in [0.15, 0.2) is 0 Å². The molecular weight excluding hydrogens is 104 g/mol. The molecule has 2 heteroatoms. The average Bonchev–Trinajstić information content (AvgIpc) is 1.61. The van der Waals surface area contributed by atoms with Crippen LogP contribution in [0.3, 0.4) is 0 Å². The Kier molecular flexibility index (Phi) is 3.99. The highest BCUT2D eigenvalue weighted by Crippen LogP contribution is 1.90. The van der Waals surface area contributed by atoms with E-state index in [2.05, 4.69) is 6.92 Å². The van der Waals surface area contributed by atoms with Gasteiger partial charge in [-0.25, -0.2) is 0 Å². The van der Waals surface area contributed by atoms with Crippen molar-refractivity contribution < 1.29 is 4.79 Å². The first kappa shape index (κ1) is 6.89. The number of rotatable bonds is 3. The second-order valence-electron chi connectivity index (χ2n) is 1.81. The van der Waals surface area contributed by atoms with E-state index in [4.69, 9.17) is 0 Å². The highest BCUT2D eigenvalue weighted by molar-refractivity contribution is 6.57. The fourth-order valence-electron chi connectivity index (χ4n) is 0.426. The molecule has 7 heavy (non-hydrogen) atoms. The Morgan fingerprint density at radius 3 is 2.43 bits per heavy atom. The summed E-state index contributed by atoms with van der Waals surface area (Å²) in [5.74, 6) is 0. The molecule has 0 fully saturated rings. The van der Waals surface area contributed by atoms with E-state index in [0.29, 0.717) is 5.41 Å². The molecule has 0 rings (SSSR count). The quantitative estimate of drug-likeness (QED) is 0.477. The lowest BCUT2D eigenvalue weighted by Gasteiger charge is -1.86. The van der Waals surface area contributed by atoms with Crippen LogP contribution in [0, 0.1) is 0 Å². The molecule has 0 amide bonds. The highest BCUT2D eigenvalue weighted by Gasteiger charge is 1.87. The molecule has 0 N–H and O–H groups in total. The van der Waals surface area contributed by atoms with Gasteiger partial charge in [-0.1, -0.05) is 13.3 Å². The van der Waals surface area contributed by atoms with Crippen LogP contribution < -0.4 is 0 Å². The third-order valence-electron chi connectivity index (χ3n) is 0.882. The van der Waals surface area contributed by atoms with Gasteiger partial charge in [-0.3, -0.25) is 0 Å². The third kappa shape index (κ3) is 5.89. The minimum Gasteiger partial charge on any atom is -0.307 e. The third-order valence-corrected chi connectivity index (χ3v) is 1.38. The van der Waals surface area contributed by atoms with Gasteiger partial charge >= 0.3 is 0 Å². The zero-order valence-electron chi connectivity index (χ0n) is 5.03. The van der Waals surface area contributed by atoms with Gasteiger partial charge in [0.05, 0.1) is 10.2 Å². The maximum atomic E-state index is 10.3. The van der Waals surface area contributed by atoms with E-state index >= 15 is 0 Å². The van der Waals surface area contributed by atoms with Gasteiger partial charge in [-0.2, -0.15) is 0 Å². The molecule has 0 aliphatic rings. The average molecular weight is 116 g/mol. The molecule has 0 aliphatic heterocycles. The van der Waals surface area contributed by atoms with Crippen LogP contribution in [0.1, 0.15) is 26.2 Å². The highest BCUT2D eigenvalue weighted by atomic mass is 28.1. The summed E-state index contributed by atoms with van der Waals surface area (Å²) in [5.41, 5.74) is 0. The van der Waals surface area contributed by atoms with Crippen molar-refractivity contribution in [1.82, 2.24) is 0 Å². The Morgan fingerprint density at radius 2 is 2.29 bits per heavy atom. The summed E-state index contributed by atoms with van der Waals surface area (Å²) >= 11 is 0. The summed E-state index contributed by atoms with van der Waals surface area (Å²) in [6.45, 7) is 2.10. The van der Waals surface area contributed by atoms with Crippen LogP contribution in [-0.4, -0.2) is 15.6 Å². The van der Waals surface area contributed by atoms with E-state index < -0.39 is 0 Å². The van der Waals surface area contributed by atoms with Crippen LogP contribution in [0.15, 0.2) is 0 Å². The van der Waals surface area contributed by atoms with Crippen molar-refractivity contribution >= 4 is 15.6 Å². The van der Waals surface area contributed by atoms with Crippen molar-refractivity contribution in [2.24, 2.45) is 0 Å². The first-order valence-electron chi connectivity index (χ1n) is 2.76. The molecule has 0 atom stereocenters. The van der Waals surface area contributed by atoms with Crippen molar-refractivity contribution in [3.63, 3.8) is 0 Å². The molecule has 0 bridgehead atoms. The second kappa shape index (κ2) is 4.06. The van der Waals surface area contributed by atoms with E-state index in [9.17, 15) is 4.79 Å². The van der Waals surface area contributed by atoms with Gasteiger partial charge in [0, 0.05) is 6.42 Å². The van der Waals surface area contributed by atoms with E-state index in [1.165, 1.54) is 0 Å². The molecule has 0 aromatic rings. The Labute approximate surface area is 47.5 Å². The summed E-state index contributed by atoms with van der Waals surface area (Å²) in [5, 5.41) is 0.446. The fourth-order valence-corrected chi connectivity index (χ4v) is 0.779. The van der Waals surface area contributed by atoms with Gasteiger partial charge < -0.3 is 4.79 Å². The lowest BCUT2D eigenvalue weighted by atomic mass is 10.3. The summed E-state index contributed by atoms with van der Waals surface area (Å²) in [4.78, 5) is 10.3. The molecule has 0 saturated heterocycles. The monoisotopic (exact) mass is 116 g/mol. The van der Waals surface area contributed by atoms with Gasteiger partial charge in [0.1, 0.15) is 5.41 Å². The molecular formula is C5H12OSi. The molecule has 0 saturated carbocycles. The number of carbonyl (C=O) groups excluding carboxylic acids is 1. The number of hydrogen-bond donors (Lipinski definition) is 0. The Hall–Kier alpha value is -0.113. The van der Waals surface area contributed by atoms with E-state index in [1.807, 2.05) is 0 Å². The van der Waals surface area contributed by atoms with Crippen LogP contribution in [0.4, 0.5) is 0 Å². The number of unbranched alkanes of at least 4 members (excludes halogenated alkanes) is 1. The molecule has 0 aromatic heterocycles. The van der Waals surface area contributed by atoms with Crippen LogP contribution in [0.25, 0.3) is 0 Å². The molecule has 42 valence electrons. The molecule has 0 aliphatic carbocycles. The van der Waals surface area contributed by atoms with Crippen molar-refractivity contribution in [2.45, 2.75) is 26.2 Å². The summed E-state index contributed by atoms with van der Waals surface area (Å²) in [6, 6.07) is 0. The Balaban J connectivity index is 2.82. The number of hydrogen-bond acceptors (Lipinski definition) is 1. The van der Waals surface area contributed by atoms with Crippen molar-refractivity contribution in [2.75, 3.05) is 0 Å². The van der Waals surface area contributed by atoms with E-state index in [0.717, 1.165) is 29.5 Å². The first-order valence-corrected chi connectivity index (χ1v) is 3.76. The minimum atomic E-state index is 0.446. The van der Waals surface area contributed by atoms with Crippen LogP contribution in [0.5, 0.6) is 0 Å². The zero-order valence-corrected chi connectivity index (χ0v) is 7.03. The van der Waals surface area contributed by atoms with Crippen molar-refractivity contribution in [1.29, 1.82) is 0 Å². The van der Waals surface area contributed by atoms with E-state index in [1.54, 1.807) is 0 Å². The van der Waals surface area contributed by atoms with Gasteiger partial charge in [-0.05, 0) is 6.42 Å². The second-order valence-corrected chi connectivity index (χ2v) is 2.92. The fraction of sp³-hybridized carbons (Fsp3) is 0.800. The maximum absolute atomic E-state index is 10.3. The Morgan fingerprint density at radius 1 is 1.71 bits per heavy atom. The first-order chi connectivity index (χ1) is 3.27. The van der Waals surface area contributed by atoms with Gasteiger partial charge in [0.25, 0.3) is 0 Å². The van der Waals surface area contributed by atoms with Crippen LogP contribution in [0.2, 0.25) is 0 Å².